The molecule has 6 N–H and O–H groups in total. The highest BCUT2D eigenvalue weighted by molar-refractivity contribution is 5.80. The van der Waals surface area contributed by atoms with Crippen LogP contribution < -0.4 is 5.32 Å². The molecule has 1 amide bonds. The number of carbonyl (C=O) groups excluding carboxylic acids is 2. The molecule has 1 saturated heterocycles. The van der Waals surface area contributed by atoms with Gasteiger partial charge in [-0.15, -0.1) is 0 Å². The van der Waals surface area contributed by atoms with Crippen molar-refractivity contribution in [3.05, 3.63) is 72.9 Å². The Labute approximate surface area is 521 Å². The first-order chi connectivity index (χ1) is 41.7. The molecule has 11 nitrogen and oxygen atoms in total. The summed E-state index contributed by atoms with van der Waals surface area (Å²) in [5.74, 6) is -1.21. The zero-order valence-corrected chi connectivity index (χ0v) is 55.0. The van der Waals surface area contributed by atoms with Gasteiger partial charge in [0.2, 0.25) is 5.91 Å². The van der Waals surface area contributed by atoms with Crippen LogP contribution in [0.25, 0.3) is 0 Å². The standard InChI is InChI=1S/C74H133NO10/c1-4-7-10-13-16-19-22-24-26-28-30-32-33-34-36-37-39-41-43-46-49-52-55-58-61-67(78)73(82)75-65(66(77)60-57-54-51-48-45-21-18-15-12-9-6-3)64-83-74-72(71(81)70(80)68(63-76)84-74)85-69(79)62-59-56-53-50-47-44-42-40-38-35-31-29-27-25-23-20-17-14-11-8-5-2/h8,11,17,20,25,27,31,35,40,42,57,60,65-68,70-72,74,76-78,80-81H,4-7,9-10,12-16,18-19,21-24,26,28-30,32-34,36-39,41,43-56,58-59,61-64H2,1-3H3,(H,75,82)/b11-8-,20-17-,27-25-,35-31-,42-40-,60-57+. The lowest BCUT2D eigenvalue weighted by Crippen LogP contribution is -2.61. The summed E-state index contributed by atoms with van der Waals surface area (Å²) in [5.41, 5.74) is 0. The molecule has 0 aromatic rings. The number of nitrogens with one attached hydrogen (secondary N) is 1. The van der Waals surface area contributed by atoms with Crippen LogP contribution in [0.4, 0.5) is 0 Å². The van der Waals surface area contributed by atoms with Crippen molar-refractivity contribution in [3.8, 4) is 0 Å². The van der Waals surface area contributed by atoms with Crippen molar-refractivity contribution in [1.82, 2.24) is 5.32 Å². The first kappa shape index (κ1) is 80.1. The number of unbranched alkanes of at least 4 members (excludes halogenated alkanes) is 37. The van der Waals surface area contributed by atoms with E-state index in [0.717, 1.165) is 103 Å². The lowest BCUT2D eigenvalue weighted by Gasteiger charge is -2.41. The number of carbonyl (C=O) groups is 2. The van der Waals surface area contributed by atoms with E-state index in [2.05, 4.69) is 86.8 Å². The van der Waals surface area contributed by atoms with Gasteiger partial charge in [0, 0.05) is 6.42 Å². The molecule has 494 valence electrons. The number of hydrogen-bond donors (Lipinski definition) is 6. The molecule has 0 radical (unpaired) electrons. The predicted molar refractivity (Wildman–Crippen MR) is 356 cm³/mol. The zero-order valence-electron chi connectivity index (χ0n) is 55.0. The van der Waals surface area contributed by atoms with Crippen LogP contribution in [0.2, 0.25) is 0 Å². The van der Waals surface area contributed by atoms with Crippen LogP contribution in [-0.4, -0.2) is 99.6 Å². The second-order valence-electron chi connectivity index (χ2n) is 24.6. The molecule has 85 heavy (non-hydrogen) atoms. The van der Waals surface area contributed by atoms with Crippen molar-refractivity contribution >= 4 is 11.9 Å². The van der Waals surface area contributed by atoms with E-state index in [0.29, 0.717) is 19.3 Å². The molecule has 0 spiro atoms. The minimum atomic E-state index is -1.62. The fourth-order valence-electron chi connectivity index (χ4n) is 11.0. The van der Waals surface area contributed by atoms with E-state index < -0.39 is 67.4 Å². The van der Waals surface area contributed by atoms with E-state index in [1.165, 1.54) is 173 Å². The van der Waals surface area contributed by atoms with Crippen LogP contribution in [0.15, 0.2) is 72.9 Å². The number of amides is 1. The maximum Gasteiger partial charge on any atom is 0.306 e. The second kappa shape index (κ2) is 61.3. The monoisotopic (exact) mass is 1200 g/mol. The number of hydrogen-bond acceptors (Lipinski definition) is 10. The van der Waals surface area contributed by atoms with Gasteiger partial charge < -0.3 is 45.1 Å². The SMILES string of the molecule is CC/C=C\C/C=C\C/C=C\C/C=C\C/C=C\CCCCCCCC(=O)OC1C(OCC(NC(=O)C(O)CCCCCCCCCCCCCCCCCCCCCCCCCC)C(O)/C=C/CCCCCCCCCCC)OC(CO)C(O)C1O. The van der Waals surface area contributed by atoms with Crippen LogP contribution in [0.3, 0.4) is 0 Å². The topological polar surface area (TPSA) is 175 Å². The van der Waals surface area contributed by atoms with E-state index in [1.54, 1.807) is 6.08 Å². The van der Waals surface area contributed by atoms with Gasteiger partial charge in [0.25, 0.3) is 0 Å². The number of esters is 1. The summed E-state index contributed by atoms with van der Waals surface area (Å²) in [6.07, 6.45) is 69.5. The largest absolute Gasteiger partial charge is 0.454 e. The molecule has 8 atom stereocenters. The Morgan fingerprint density at radius 3 is 1.27 bits per heavy atom. The summed E-state index contributed by atoms with van der Waals surface area (Å²) in [7, 11) is 0. The third kappa shape index (κ3) is 48.7. The number of ether oxygens (including phenoxy) is 3. The molecule has 0 saturated carbocycles. The third-order valence-corrected chi connectivity index (χ3v) is 16.6. The van der Waals surface area contributed by atoms with Gasteiger partial charge in [0.1, 0.15) is 24.4 Å². The molecule has 1 aliphatic heterocycles. The molecule has 1 rings (SSSR count). The van der Waals surface area contributed by atoms with Gasteiger partial charge in [-0.05, 0) is 70.6 Å². The summed E-state index contributed by atoms with van der Waals surface area (Å²) in [5, 5.41) is 57.2. The lowest BCUT2D eigenvalue weighted by molar-refractivity contribution is -0.305. The van der Waals surface area contributed by atoms with E-state index in [-0.39, 0.29) is 13.0 Å². The number of aliphatic hydroxyl groups is 5. The number of rotatable bonds is 61. The van der Waals surface area contributed by atoms with Crippen molar-refractivity contribution in [2.45, 2.75) is 372 Å². The van der Waals surface area contributed by atoms with Gasteiger partial charge in [-0.1, -0.05) is 318 Å². The van der Waals surface area contributed by atoms with Gasteiger partial charge in [0.05, 0.1) is 25.4 Å². The molecule has 8 unspecified atom stereocenters. The Kier molecular flexibility index (Phi) is 57.8. The Hall–Kier alpha value is -2.90. The zero-order chi connectivity index (χ0) is 61.7. The summed E-state index contributed by atoms with van der Waals surface area (Å²) >= 11 is 0. The van der Waals surface area contributed by atoms with E-state index in [4.69, 9.17) is 14.2 Å². The van der Waals surface area contributed by atoms with Gasteiger partial charge >= 0.3 is 5.97 Å². The minimum absolute atomic E-state index is 0.100. The molecule has 0 aromatic heterocycles. The first-order valence-electron chi connectivity index (χ1n) is 35.7. The van der Waals surface area contributed by atoms with Crippen molar-refractivity contribution < 1.29 is 49.3 Å². The number of aliphatic hydroxyl groups excluding tert-OH is 5. The van der Waals surface area contributed by atoms with Crippen LogP contribution in [0.1, 0.15) is 323 Å². The van der Waals surface area contributed by atoms with Crippen molar-refractivity contribution in [3.63, 3.8) is 0 Å². The summed E-state index contributed by atoms with van der Waals surface area (Å²) in [4.78, 5) is 26.7. The Balaban J connectivity index is 2.56. The maximum absolute atomic E-state index is 13.5. The van der Waals surface area contributed by atoms with E-state index in [1.807, 2.05) is 6.08 Å². The van der Waals surface area contributed by atoms with Gasteiger partial charge in [0.15, 0.2) is 12.4 Å². The van der Waals surface area contributed by atoms with Crippen LogP contribution >= 0.6 is 0 Å². The van der Waals surface area contributed by atoms with Crippen LogP contribution in [0.5, 0.6) is 0 Å². The molecule has 11 heteroatoms. The minimum Gasteiger partial charge on any atom is -0.454 e. The third-order valence-electron chi connectivity index (χ3n) is 16.6. The highest BCUT2D eigenvalue weighted by atomic mass is 16.7. The maximum atomic E-state index is 13.5. The molecule has 1 heterocycles. The van der Waals surface area contributed by atoms with Crippen molar-refractivity contribution in [2.24, 2.45) is 0 Å². The lowest BCUT2D eigenvalue weighted by atomic mass is 9.99. The fraction of sp³-hybridized carbons (Fsp3) is 0.811. The number of allylic oxidation sites excluding steroid dienone is 11. The molecule has 0 aromatic carbocycles. The van der Waals surface area contributed by atoms with E-state index in [9.17, 15) is 35.1 Å². The smallest absolute Gasteiger partial charge is 0.306 e. The second-order valence-corrected chi connectivity index (χ2v) is 24.6. The molecular weight excluding hydrogens is 1060 g/mol. The summed E-state index contributed by atoms with van der Waals surface area (Å²) in [6, 6.07) is -1.03. The quantitative estimate of drug-likeness (QED) is 0.0195. The van der Waals surface area contributed by atoms with E-state index >= 15 is 0 Å². The van der Waals surface area contributed by atoms with Gasteiger partial charge in [-0.2, -0.15) is 0 Å². The van der Waals surface area contributed by atoms with Gasteiger partial charge in [-0.3, -0.25) is 9.59 Å². The van der Waals surface area contributed by atoms with Crippen molar-refractivity contribution in [2.75, 3.05) is 13.2 Å². The Morgan fingerprint density at radius 1 is 0.471 bits per heavy atom. The highest BCUT2D eigenvalue weighted by Crippen LogP contribution is 2.26. The molecular formula is C74H133NO10. The molecule has 1 fully saturated rings. The normalized spacial score (nSPS) is 18.8. The fourth-order valence-corrected chi connectivity index (χ4v) is 11.0. The molecule has 0 aliphatic carbocycles. The van der Waals surface area contributed by atoms with Gasteiger partial charge in [-0.25, -0.2) is 0 Å². The molecule has 1 aliphatic rings. The summed E-state index contributed by atoms with van der Waals surface area (Å²) in [6.45, 7) is 5.70. The molecule has 0 bridgehead atoms. The van der Waals surface area contributed by atoms with Crippen LogP contribution in [0, 0.1) is 0 Å². The van der Waals surface area contributed by atoms with Crippen molar-refractivity contribution in [1.29, 1.82) is 0 Å². The average molecular weight is 1200 g/mol. The predicted octanol–water partition coefficient (Wildman–Crippen LogP) is 18.3. The average Bonchev–Trinajstić information content (AvgIpc) is 2.91. The summed E-state index contributed by atoms with van der Waals surface area (Å²) < 4.78 is 17.7. The Bertz CT molecular complexity index is 1660. The Morgan fingerprint density at radius 2 is 0.847 bits per heavy atom. The highest BCUT2D eigenvalue weighted by Gasteiger charge is 2.47. The van der Waals surface area contributed by atoms with Crippen LogP contribution in [-0.2, 0) is 23.8 Å². The first-order valence-corrected chi connectivity index (χ1v) is 35.7.